The average Bonchev–Trinajstić information content (AvgIpc) is 2.95. The first kappa shape index (κ1) is 12.2. The van der Waals surface area contributed by atoms with Gasteiger partial charge in [-0.05, 0) is 32.1 Å². The van der Waals surface area contributed by atoms with Crippen LogP contribution in [0, 0.1) is 5.41 Å². The lowest BCUT2D eigenvalue weighted by Gasteiger charge is -2.30. The summed E-state index contributed by atoms with van der Waals surface area (Å²) in [7, 11) is 0. The van der Waals surface area contributed by atoms with Gasteiger partial charge >= 0.3 is 5.97 Å². The lowest BCUT2D eigenvalue weighted by Crippen LogP contribution is -2.31. The van der Waals surface area contributed by atoms with Crippen LogP contribution in [0.25, 0.3) is 0 Å². The summed E-state index contributed by atoms with van der Waals surface area (Å²) in [6, 6.07) is 0. The summed E-state index contributed by atoms with van der Waals surface area (Å²) >= 11 is 5.53. The molecule has 2 fully saturated rings. The molecule has 0 spiro atoms. The Hall–Kier alpha value is -0.240. The normalized spacial score (nSPS) is 36.6. The topological polar surface area (TPSA) is 26.3 Å². The fourth-order valence-electron chi connectivity index (χ4n) is 3.44. The molecule has 2 nitrogen and oxygen atoms in total. The molecule has 0 aromatic heterocycles. The van der Waals surface area contributed by atoms with Gasteiger partial charge in [-0.25, -0.2) is 0 Å². The number of esters is 1. The summed E-state index contributed by atoms with van der Waals surface area (Å²) in [4.78, 5) is 11.4. The van der Waals surface area contributed by atoms with Crippen molar-refractivity contribution >= 4 is 17.6 Å². The molecule has 0 radical (unpaired) electrons. The molecule has 0 heterocycles. The van der Waals surface area contributed by atoms with E-state index in [1.807, 2.05) is 0 Å². The highest BCUT2D eigenvalue weighted by molar-refractivity contribution is 6.26. The van der Waals surface area contributed by atoms with E-state index in [2.05, 4.69) is 6.92 Å². The molecule has 2 saturated carbocycles. The molecule has 0 amide bonds. The maximum Gasteiger partial charge on any atom is 0.321 e. The summed E-state index contributed by atoms with van der Waals surface area (Å²) in [5, 5.41) is 0. The first-order valence-electron chi connectivity index (χ1n) is 6.46. The van der Waals surface area contributed by atoms with Gasteiger partial charge in [-0.2, -0.15) is 0 Å². The van der Waals surface area contributed by atoms with E-state index in [0.717, 1.165) is 12.8 Å². The van der Waals surface area contributed by atoms with Crippen molar-refractivity contribution in [3.8, 4) is 0 Å². The van der Waals surface area contributed by atoms with Gasteiger partial charge in [0.2, 0.25) is 0 Å². The van der Waals surface area contributed by atoms with Crippen molar-refractivity contribution in [3.05, 3.63) is 0 Å². The number of carbonyl (C=O) groups is 1. The van der Waals surface area contributed by atoms with Crippen LogP contribution in [-0.4, -0.2) is 17.5 Å². The third kappa shape index (κ3) is 1.97. The van der Waals surface area contributed by atoms with Crippen LogP contribution in [0.4, 0.5) is 0 Å². The molecule has 0 saturated heterocycles. The number of ether oxygens (including phenoxy) is 1. The summed E-state index contributed by atoms with van der Waals surface area (Å²) in [6.45, 7) is 2.22. The third-order valence-electron chi connectivity index (χ3n) is 4.38. The molecule has 16 heavy (non-hydrogen) atoms. The zero-order chi connectivity index (χ0) is 11.6. The molecule has 92 valence electrons. The second kappa shape index (κ2) is 4.56. The third-order valence-corrected chi connectivity index (χ3v) is 4.60. The van der Waals surface area contributed by atoms with Gasteiger partial charge in [-0.3, -0.25) is 4.79 Å². The Balaban J connectivity index is 2.00. The van der Waals surface area contributed by atoms with Crippen LogP contribution in [0.15, 0.2) is 0 Å². The molecule has 0 aliphatic heterocycles. The second-order valence-electron chi connectivity index (χ2n) is 5.37. The summed E-state index contributed by atoms with van der Waals surface area (Å²) in [6.07, 6.45) is 9.57. The van der Waals surface area contributed by atoms with E-state index in [1.54, 1.807) is 0 Å². The van der Waals surface area contributed by atoms with E-state index in [4.69, 9.17) is 16.3 Å². The molecule has 0 aromatic rings. The Labute approximate surface area is 103 Å². The molecule has 2 unspecified atom stereocenters. The Kier molecular flexibility index (Phi) is 3.48. The number of alkyl halides is 1. The summed E-state index contributed by atoms with van der Waals surface area (Å²) in [5.74, 6) is -0.243. The first-order valence-corrected chi connectivity index (χ1v) is 6.99. The van der Waals surface area contributed by atoms with E-state index in [-0.39, 0.29) is 17.5 Å². The zero-order valence-electron chi connectivity index (χ0n) is 10.1. The molecule has 2 rings (SSSR count). The lowest BCUT2D eigenvalue weighted by atomic mass is 9.82. The van der Waals surface area contributed by atoms with Crippen LogP contribution in [0.3, 0.4) is 0 Å². The molecular weight excluding hydrogens is 224 g/mol. The number of carbonyl (C=O) groups excluding carboxylic acids is 1. The summed E-state index contributed by atoms with van der Waals surface area (Å²) < 4.78 is 5.63. The number of hydrogen-bond donors (Lipinski definition) is 0. The van der Waals surface area contributed by atoms with E-state index >= 15 is 0 Å². The van der Waals surface area contributed by atoms with Crippen LogP contribution >= 0.6 is 11.6 Å². The SMILES string of the molecule is CCCCC12CCCCC1(OC(=O)CCl)C2. The predicted molar refractivity (Wildman–Crippen MR) is 64.6 cm³/mol. The fourth-order valence-corrected chi connectivity index (χ4v) is 3.50. The number of hydrogen-bond acceptors (Lipinski definition) is 2. The monoisotopic (exact) mass is 244 g/mol. The van der Waals surface area contributed by atoms with Gasteiger partial charge in [-0.15, -0.1) is 11.6 Å². The fraction of sp³-hybridized carbons (Fsp3) is 0.923. The van der Waals surface area contributed by atoms with Crippen molar-refractivity contribution in [3.63, 3.8) is 0 Å². The average molecular weight is 245 g/mol. The highest BCUT2D eigenvalue weighted by atomic mass is 35.5. The van der Waals surface area contributed by atoms with Gasteiger partial charge in [0.25, 0.3) is 0 Å². The molecule has 3 heteroatoms. The van der Waals surface area contributed by atoms with Crippen LogP contribution in [0.5, 0.6) is 0 Å². The maximum atomic E-state index is 11.4. The number of halogens is 1. The van der Waals surface area contributed by atoms with Gasteiger partial charge in [0.15, 0.2) is 0 Å². The minimum Gasteiger partial charge on any atom is -0.458 e. The molecular formula is C13H21ClO2. The molecule has 2 aliphatic rings. The molecule has 2 atom stereocenters. The van der Waals surface area contributed by atoms with Crippen LogP contribution in [0.2, 0.25) is 0 Å². The highest BCUT2D eigenvalue weighted by Gasteiger charge is 2.69. The minimum absolute atomic E-state index is 0.00833. The quantitative estimate of drug-likeness (QED) is 0.545. The number of unbranched alkanes of at least 4 members (excludes halogenated alkanes) is 1. The smallest absolute Gasteiger partial charge is 0.321 e. The van der Waals surface area contributed by atoms with Gasteiger partial charge in [-0.1, -0.05) is 26.2 Å². The molecule has 0 bridgehead atoms. The minimum atomic E-state index is -0.234. The molecule has 0 aromatic carbocycles. The predicted octanol–water partition coefficient (Wildman–Crippen LogP) is 3.66. The second-order valence-corrected chi connectivity index (χ2v) is 5.64. The van der Waals surface area contributed by atoms with E-state index in [0.29, 0.717) is 5.41 Å². The van der Waals surface area contributed by atoms with Crippen molar-refractivity contribution in [2.75, 3.05) is 5.88 Å². The van der Waals surface area contributed by atoms with Crippen LogP contribution < -0.4 is 0 Å². The van der Waals surface area contributed by atoms with E-state index in [9.17, 15) is 4.79 Å². The Morgan fingerprint density at radius 2 is 2.12 bits per heavy atom. The molecule has 0 N–H and O–H groups in total. The lowest BCUT2D eigenvalue weighted by molar-refractivity contribution is -0.152. The first-order chi connectivity index (χ1) is 7.68. The Morgan fingerprint density at radius 3 is 2.81 bits per heavy atom. The Morgan fingerprint density at radius 1 is 1.38 bits per heavy atom. The van der Waals surface area contributed by atoms with Crippen LogP contribution in [0.1, 0.15) is 58.3 Å². The standard InChI is InChI=1S/C13H21ClO2/c1-2-3-6-12-7-4-5-8-13(12,10-12)16-11(15)9-14/h2-10H2,1H3. The van der Waals surface area contributed by atoms with Gasteiger partial charge in [0.05, 0.1) is 0 Å². The van der Waals surface area contributed by atoms with Crippen molar-refractivity contribution in [1.29, 1.82) is 0 Å². The molecule has 2 aliphatic carbocycles. The van der Waals surface area contributed by atoms with Crippen molar-refractivity contribution < 1.29 is 9.53 Å². The number of fused-ring (bicyclic) bond motifs is 1. The number of rotatable bonds is 5. The van der Waals surface area contributed by atoms with E-state index < -0.39 is 0 Å². The van der Waals surface area contributed by atoms with Crippen molar-refractivity contribution in [2.45, 2.75) is 63.9 Å². The van der Waals surface area contributed by atoms with Crippen molar-refractivity contribution in [2.24, 2.45) is 5.41 Å². The maximum absolute atomic E-state index is 11.4. The summed E-state index contributed by atoms with van der Waals surface area (Å²) in [5.41, 5.74) is 0.204. The largest absolute Gasteiger partial charge is 0.458 e. The van der Waals surface area contributed by atoms with Crippen LogP contribution in [-0.2, 0) is 9.53 Å². The Bertz CT molecular complexity index is 279. The van der Waals surface area contributed by atoms with Crippen molar-refractivity contribution in [1.82, 2.24) is 0 Å². The van der Waals surface area contributed by atoms with E-state index in [1.165, 1.54) is 38.5 Å². The van der Waals surface area contributed by atoms with Gasteiger partial charge in [0.1, 0.15) is 11.5 Å². The van der Waals surface area contributed by atoms with Gasteiger partial charge in [0, 0.05) is 5.41 Å². The highest BCUT2D eigenvalue weighted by Crippen LogP contribution is 2.69. The van der Waals surface area contributed by atoms with Gasteiger partial charge < -0.3 is 4.74 Å². The zero-order valence-corrected chi connectivity index (χ0v) is 10.8.